The molecule has 1 N–H and O–H groups in total. The number of carboxylic acid groups (broad SMARTS) is 1. The highest BCUT2D eigenvalue weighted by molar-refractivity contribution is 7.59. The highest BCUT2D eigenvalue weighted by Crippen LogP contribution is 2.47. The first-order valence-corrected chi connectivity index (χ1v) is 11.7. The van der Waals surface area contributed by atoms with E-state index in [4.69, 9.17) is 9.26 Å². The van der Waals surface area contributed by atoms with Crippen molar-refractivity contribution in [3.05, 3.63) is 70.7 Å². The van der Waals surface area contributed by atoms with Crippen LogP contribution < -0.4 is 4.74 Å². The highest BCUT2D eigenvalue weighted by Gasteiger charge is 2.35. The summed E-state index contributed by atoms with van der Waals surface area (Å²) >= 11 is 0. The molecule has 2 aliphatic carbocycles. The lowest BCUT2D eigenvalue weighted by molar-refractivity contribution is -0.137. The Balaban J connectivity index is 0.00000274. The Bertz CT molecular complexity index is 1170. The molecule has 0 aliphatic heterocycles. The molecule has 0 amide bonds. The van der Waals surface area contributed by atoms with Gasteiger partial charge in [0.1, 0.15) is 23.0 Å². The van der Waals surface area contributed by atoms with Gasteiger partial charge in [-0.15, -0.1) is 0 Å². The number of aryl methyl sites for hydroxylation is 2. The number of carbonyl (C=O) groups is 1. The number of hydrogen-bond acceptors (Lipinski definition) is 4. The first-order valence-electron chi connectivity index (χ1n) is 11.7. The highest BCUT2D eigenvalue weighted by atomic mass is 32.1. The van der Waals surface area contributed by atoms with E-state index >= 15 is 0 Å². The lowest BCUT2D eigenvalue weighted by Gasteiger charge is -2.15. The number of methoxy groups -OCH3 is 1. The monoisotopic (exact) mass is 483 g/mol. The number of rotatable bonds is 10. The first-order chi connectivity index (χ1) is 16.0. The summed E-state index contributed by atoms with van der Waals surface area (Å²) in [5, 5.41) is 13.6. The molecule has 0 unspecified atom stereocenters. The standard InChI is InChI=1S/C27H28FNO4.H2S/c1-32-20-10-11-23(28)22(14-20)27-26(18-8-9-18)24(33-29-27)12-5-16-3-2-4-19(13-16)21(15-25(30)31)17-6-7-17;/h2-4,10-11,13-14,17-18,21H,5-9,12,15H2,1H3,(H,30,31);1H2/t21-;/m0./s1. The number of aromatic nitrogens is 1. The molecule has 0 radical (unpaired) electrons. The van der Waals surface area contributed by atoms with Gasteiger partial charge in [0, 0.05) is 17.5 Å². The minimum atomic E-state index is -0.745. The van der Waals surface area contributed by atoms with Crippen LogP contribution in [0, 0.1) is 11.7 Å². The third-order valence-corrected chi connectivity index (χ3v) is 6.82. The van der Waals surface area contributed by atoms with Gasteiger partial charge >= 0.3 is 5.97 Å². The normalized spacial score (nSPS) is 16.1. The predicted octanol–water partition coefficient (Wildman–Crippen LogP) is 6.23. The Hall–Kier alpha value is -2.80. The molecule has 2 saturated carbocycles. The molecular formula is C27H30FNO4S. The van der Waals surface area contributed by atoms with Crippen molar-refractivity contribution >= 4 is 19.5 Å². The number of ether oxygens (including phenoxy) is 1. The average molecular weight is 484 g/mol. The topological polar surface area (TPSA) is 72.6 Å². The summed E-state index contributed by atoms with van der Waals surface area (Å²) in [6, 6.07) is 12.9. The molecule has 1 aromatic heterocycles. The van der Waals surface area contributed by atoms with Crippen LogP contribution in [0.25, 0.3) is 11.3 Å². The number of nitrogens with zero attached hydrogens (tertiary/aromatic N) is 1. The van der Waals surface area contributed by atoms with Crippen LogP contribution in [-0.4, -0.2) is 23.3 Å². The van der Waals surface area contributed by atoms with Gasteiger partial charge in [-0.2, -0.15) is 13.5 Å². The summed E-state index contributed by atoms with van der Waals surface area (Å²) in [6.07, 6.45) is 5.93. The SMILES string of the molecule is COc1ccc(F)c(-c2noc(CCc3cccc([C@@H](CC(=O)O)C4CC4)c3)c2C2CC2)c1.S. The van der Waals surface area contributed by atoms with Crippen molar-refractivity contribution in [2.75, 3.05) is 7.11 Å². The van der Waals surface area contributed by atoms with Crippen molar-refractivity contribution < 1.29 is 23.6 Å². The molecule has 2 aliphatic rings. The van der Waals surface area contributed by atoms with E-state index in [0.717, 1.165) is 54.6 Å². The zero-order valence-corrected chi connectivity index (χ0v) is 20.2. The zero-order chi connectivity index (χ0) is 22.9. The lowest BCUT2D eigenvalue weighted by atomic mass is 9.89. The van der Waals surface area contributed by atoms with Gasteiger partial charge in [-0.1, -0.05) is 29.4 Å². The van der Waals surface area contributed by atoms with Gasteiger partial charge in [-0.05, 0) is 79.2 Å². The van der Waals surface area contributed by atoms with Crippen molar-refractivity contribution in [1.82, 2.24) is 5.16 Å². The molecule has 1 heterocycles. The van der Waals surface area contributed by atoms with Gasteiger partial charge < -0.3 is 14.4 Å². The molecule has 0 saturated heterocycles. The fourth-order valence-corrected chi connectivity index (χ4v) is 4.79. The molecule has 1 atom stereocenters. The predicted molar refractivity (Wildman–Crippen MR) is 132 cm³/mol. The van der Waals surface area contributed by atoms with Crippen LogP contribution in [0.2, 0.25) is 0 Å². The van der Waals surface area contributed by atoms with E-state index in [2.05, 4.69) is 17.3 Å². The molecule has 2 aromatic carbocycles. The zero-order valence-electron chi connectivity index (χ0n) is 19.2. The molecular weight excluding hydrogens is 453 g/mol. The number of hydrogen-bond donors (Lipinski definition) is 1. The number of halogens is 1. The second-order valence-corrected chi connectivity index (χ2v) is 9.27. The summed E-state index contributed by atoms with van der Waals surface area (Å²) < 4.78 is 25.6. The first kappa shape index (κ1) is 24.3. The van der Waals surface area contributed by atoms with Crippen molar-refractivity contribution in [2.24, 2.45) is 5.92 Å². The van der Waals surface area contributed by atoms with E-state index in [9.17, 15) is 14.3 Å². The Labute approximate surface area is 205 Å². The molecule has 0 bridgehead atoms. The van der Waals surface area contributed by atoms with Crippen LogP contribution in [0.1, 0.15) is 66.4 Å². The van der Waals surface area contributed by atoms with Crippen molar-refractivity contribution in [3.8, 4) is 17.0 Å². The van der Waals surface area contributed by atoms with Crippen LogP contribution in [0.3, 0.4) is 0 Å². The van der Waals surface area contributed by atoms with E-state index in [1.165, 1.54) is 6.07 Å². The lowest BCUT2D eigenvalue weighted by Crippen LogP contribution is -2.08. The third-order valence-electron chi connectivity index (χ3n) is 6.82. The van der Waals surface area contributed by atoms with Crippen LogP contribution >= 0.6 is 13.5 Å². The molecule has 7 heteroatoms. The molecule has 34 heavy (non-hydrogen) atoms. The van der Waals surface area contributed by atoms with Crippen LogP contribution in [0.15, 0.2) is 47.0 Å². The largest absolute Gasteiger partial charge is 0.497 e. The van der Waals surface area contributed by atoms with Crippen LogP contribution in [0.4, 0.5) is 4.39 Å². The van der Waals surface area contributed by atoms with Crippen molar-refractivity contribution in [1.29, 1.82) is 0 Å². The van der Waals surface area contributed by atoms with Gasteiger partial charge in [0.05, 0.1) is 13.5 Å². The maximum Gasteiger partial charge on any atom is 0.303 e. The van der Waals surface area contributed by atoms with Crippen LogP contribution in [-0.2, 0) is 17.6 Å². The van der Waals surface area contributed by atoms with E-state index in [1.54, 1.807) is 19.2 Å². The van der Waals surface area contributed by atoms with Crippen molar-refractivity contribution in [2.45, 2.75) is 56.8 Å². The van der Waals surface area contributed by atoms with Gasteiger partial charge in [0.15, 0.2) is 0 Å². The second-order valence-electron chi connectivity index (χ2n) is 9.27. The van der Waals surface area contributed by atoms with E-state index in [-0.39, 0.29) is 31.7 Å². The summed E-state index contributed by atoms with van der Waals surface area (Å²) in [6.45, 7) is 0. The Morgan fingerprint density at radius 1 is 1.18 bits per heavy atom. The summed E-state index contributed by atoms with van der Waals surface area (Å²) in [5.74, 6) is 1.23. The number of aliphatic carboxylic acids is 1. The minimum Gasteiger partial charge on any atom is -0.497 e. The summed E-state index contributed by atoms with van der Waals surface area (Å²) in [7, 11) is 1.56. The van der Waals surface area contributed by atoms with Gasteiger partial charge in [-0.3, -0.25) is 4.79 Å². The fourth-order valence-electron chi connectivity index (χ4n) is 4.79. The Morgan fingerprint density at radius 2 is 1.97 bits per heavy atom. The maximum atomic E-state index is 14.6. The van der Waals surface area contributed by atoms with E-state index in [1.807, 2.05) is 12.1 Å². The molecule has 3 aromatic rings. The molecule has 5 nitrogen and oxygen atoms in total. The second kappa shape index (κ2) is 10.2. The quantitative estimate of drug-likeness (QED) is 0.370. The average Bonchev–Trinajstić information content (AvgIpc) is 3.75. The Morgan fingerprint density at radius 3 is 2.65 bits per heavy atom. The smallest absolute Gasteiger partial charge is 0.303 e. The van der Waals surface area contributed by atoms with Gasteiger partial charge in [-0.25, -0.2) is 4.39 Å². The van der Waals surface area contributed by atoms with Gasteiger partial charge in [0.2, 0.25) is 0 Å². The fraction of sp³-hybridized carbons (Fsp3) is 0.407. The minimum absolute atomic E-state index is 0. The molecule has 0 spiro atoms. The van der Waals surface area contributed by atoms with E-state index in [0.29, 0.717) is 35.3 Å². The molecule has 180 valence electrons. The summed E-state index contributed by atoms with van der Waals surface area (Å²) in [4.78, 5) is 11.3. The van der Waals surface area contributed by atoms with Crippen molar-refractivity contribution in [3.63, 3.8) is 0 Å². The maximum absolute atomic E-state index is 14.6. The van der Waals surface area contributed by atoms with Crippen LogP contribution in [0.5, 0.6) is 5.75 Å². The molecule has 5 rings (SSSR count). The molecule has 2 fully saturated rings. The number of carboxylic acids is 1. The summed E-state index contributed by atoms with van der Waals surface area (Å²) in [5.41, 5.74) is 4.26. The Kier molecular flexibility index (Phi) is 7.31. The third kappa shape index (κ3) is 5.30. The van der Waals surface area contributed by atoms with E-state index < -0.39 is 5.97 Å². The number of benzene rings is 2. The van der Waals surface area contributed by atoms with Gasteiger partial charge in [0.25, 0.3) is 0 Å².